The van der Waals surface area contributed by atoms with Crippen molar-refractivity contribution in [3.8, 4) is 11.5 Å². The Balaban J connectivity index is 1.97. The number of carbonyl (C=O) groups excluding carboxylic acids is 1. The van der Waals surface area contributed by atoms with Gasteiger partial charge in [0.15, 0.2) is 11.5 Å². The summed E-state index contributed by atoms with van der Waals surface area (Å²) in [7, 11) is 1.62. The number of benzene rings is 2. The normalized spacial score (nSPS) is 16.1. The van der Waals surface area contributed by atoms with Gasteiger partial charge in [0.05, 0.1) is 19.6 Å². The Labute approximate surface area is 156 Å². The summed E-state index contributed by atoms with van der Waals surface area (Å²) < 4.78 is 12.0. The average molecular weight is 404 g/mol. The maximum atomic E-state index is 12.9. The quantitative estimate of drug-likeness (QED) is 0.709. The fourth-order valence-electron chi connectivity index (χ4n) is 3.37. The number of hydrogen-bond acceptors (Lipinski definition) is 3. The smallest absolute Gasteiger partial charge is 0.234 e. The molecule has 4 nitrogen and oxygen atoms in total. The third-order valence-corrected chi connectivity index (χ3v) is 5.28. The van der Waals surface area contributed by atoms with Crippen LogP contribution in [0.4, 0.5) is 5.69 Å². The van der Waals surface area contributed by atoms with Crippen LogP contribution < -0.4 is 14.4 Å². The van der Waals surface area contributed by atoms with Crippen molar-refractivity contribution < 1.29 is 14.3 Å². The van der Waals surface area contributed by atoms with Gasteiger partial charge in [-0.3, -0.25) is 4.79 Å². The van der Waals surface area contributed by atoms with Crippen LogP contribution in [-0.4, -0.2) is 26.2 Å². The van der Waals surface area contributed by atoms with Crippen molar-refractivity contribution in [1.29, 1.82) is 0 Å². The Bertz CT molecular complexity index is 791. The van der Waals surface area contributed by atoms with Crippen molar-refractivity contribution in [2.75, 3.05) is 25.2 Å². The van der Waals surface area contributed by atoms with Gasteiger partial charge in [0.1, 0.15) is 0 Å². The number of ether oxygens (including phenoxy) is 2. The van der Waals surface area contributed by atoms with Crippen LogP contribution in [0.1, 0.15) is 30.9 Å². The van der Waals surface area contributed by atoms with Crippen molar-refractivity contribution in [3.63, 3.8) is 0 Å². The zero-order valence-corrected chi connectivity index (χ0v) is 16.3. The molecule has 0 radical (unpaired) electrons. The maximum absolute atomic E-state index is 12.9. The van der Waals surface area contributed by atoms with E-state index in [1.807, 2.05) is 49.1 Å². The monoisotopic (exact) mass is 403 g/mol. The summed E-state index contributed by atoms with van der Waals surface area (Å²) >= 11 is 3.61. The number of likely N-dealkylation sites (N-methyl/N-ethyl adjacent to an activating group) is 1. The maximum Gasteiger partial charge on any atom is 0.234 e. The lowest BCUT2D eigenvalue weighted by atomic mass is 9.93. The minimum absolute atomic E-state index is 0.157. The zero-order valence-electron chi connectivity index (χ0n) is 14.7. The first-order valence-corrected chi connectivity index (χ1v) is 9.29. The van der Waals surface area contributed by atoms with Crippen molar-refractivity contribution in [2.24, 2.45) is 0 Å². The van der Waals surface area contributed by atoms with Crippen LogP contribution in [0.3, 0.4) is 0 Å². The third-order valence-electron chi connectivity index (χ3n) is 4.54. The van der Waals surface area contributed by atoms with E-state index in [1.165, 1.54) is 0 Å². The van der Waals surface area contributed by atoms with E-state index in [1.54, 1.807) is 7.11 Å². The van der Waals surface area contributed by atoms with E-state index in [4.69, 9.17) is 9.47 Å². The van der Waals surface area contributed by atoms with Crippen LogP contribution in [-0.2, 0) is 11.2 Å². The largest absolute Gasteiger partial charge is 0.493 e. The zero-order chi connectivity index (χ0) is 18.0. The number of fused-ring (bicyclic) bond motifs is 1. The number of amides is 1. The van der Waals surface area contributed by atoms with E-state index < -0.39 is 0 Å². The highest BCUT2D eigenvalue weighted by Crippen LogP contribution is 2.41. The Morgan fingerprint density at radius 1 is 1.16 bits per heavy atom. The molecule has 0 unspecified atom stereocenters. The van der Waals surface area contributed by atoms with Gasteiger partial charge in [-0.25, -0.2) is 0 Å². The molecule has 1 aliphatic rings. The van der Waals surface area contributed by atoms with Crippen molar-refractivity contribution >= 4 is 27.5 Å². The van der Waals surface area contributed by atoms with Gasteiger partial charge in [-0.2, -0.15) is 0 Å². The van der Waals surface area contributed by atoms with Crippen LogP contribution in [0.5, 0.6) is 11.5 Å². The molecule has 0 saturated heterocycles. The summed E-state index contributed by atoms with van der Waals surface area (Å²) in [5, 5.41) is 0. The number of para-hydroxylation sites is 1. The second kappa shape index (κ2) is 7.48. The van der Waals surface area contributed by atoms with Crippen LogP contribution in [0.25, 0.3) is 0 Å². The van der Waals surface area contributed by atoms with Crippen LogP contribution >= 0.6 is 15.9 Å². The molecule has 0 saturated carbocycles. The van der Waals surface area contributed by atoms with E-state index in [-0.39, 0.29) is 11.8 Å². The Hall–Kier alpha value is -2.01. The fraction of sp³-hybridized carbons (Fsp3) is 0.350. The Kier molecular flexibility index (Phi) is 5.33. The predicted octanol–water partition coefficient (Wildman–Crippen LogP) is 4.55. The van der Waals surface area contributed by atoms with Crippen LogP contribution in [0.2, 0.25) is 0 Å². The minimum Gasteiger partial charge on any atom is -0.493 e. The third kappa shape index (κ3) is 3.25. The molecule has 3 rings (SSSR count). The van der Waals surface area contributed by atoms with Gasteiger partial charge in [0.2, 0.25) is 5.91 Å². The SMILES string of the molecule is CCOc1cc(C[C@H]2C(=O)N(CC)c3ccccc32)c(Br)cc1OC. The highest BCUT2D eigenvalue weighted by atomic mass is 79.9. The van der Waals surface area contributed by atoms with E-state index >= 15 is 0 Å². The molecule has 1 heterocycles. The number of halogens is 1. The first-order valence-electron chi connectivity index (χ1n) is 8.50. The molecule has 0 spiro atoms. The average Bonchev–Trinajstić information content (AvgIpc) is 2.89. The summed E-state index contributed by atoms with van der Waals surface area (Å²) in [6.07, 6.45) is 0.622. The summed E-state index contributed by atoms with van der Waals surface area (Å²) in [5.41, 5.74) is 3.15. The lowest BCUT2D eigenvalue weighted by Crippen LogP contribution is -2.29. The van der Waals surface area contributed by atoms with E-state index in [9.17, 15) is 4.79 Å². The van der Waals surface area contributed by atoms with Crippen molar-refractivity contribution in [3.05, 3.63) is 52.0 Å². The van der Waals surface area contributed by atoms with Gasteiger partial charge in [-0.1, -0.05) is 34.1 Å². The summed E-state index contributed by atoms with van der Waals surface area (Å²) in [5.74, 6) is 1.37. The number of hydrogen-bond donors (Lipinski definition) is 0. The van der Waals surface area contributed by atoms with Crippen LogP contribution in [0, 0.1) is 0 Å². The molecule has 0 aromatic heterocycles. The first-order chi connectivity index (χ1) is 12.1. The molecule has 0 fully saturated rings. The molecule has 1 atom stereocenters. The lowest BCUT2D eigenvalue weighted by Gasteiger charge is -2.17. The molecule has 25 heavy (non-hydrogen) atoms. The van der Waals surface area contributed by atoms with Crippen molar-refractivity contribution in [1.82, 2.24) is 0 Å². The van der Waals surface area contributed by atoms with E-state index in [0.29, 0.717) is 31.1 Å². The van der Waals surface area contributed by atoms with Gasteiger partial charge >= 0.3 is 0 Å². The highest BCUT2D eigenvalue weighted by Gasteiger charge is 2.36. The van der Waals surface area contributed by atoms with Gasteiger partial charge in [-0.15, -0.1) is 0 Å². The van der Waals surface area contributed by atoms with Crippen molar-refractivity contribution in [2.45, 2.75) is 26.2 Å². The van der Waals surface area contributed by atoms with Crippen LogP contribution in [0.15, 0.2) is 40.9 Å². The number of nitrogens with zero attached hydrogens (tertiary/aromatic N) is 1. The number of anilines is 1. The summed E-state index contributed by atoms with van der Waals surface area (Å²) in [6.45, 7) is 5.19. The van der Waals surface area contributed by atoms with E-state index in [0.717, 1.165) is 21.3 Å². The molecule has 0 aliphatic carbocycles. The standard InChI is InChI=1S/C20H22BrNO3/c1-4-22-17-9-7-6-8-14(17)15(20(22)23)10-13-11-19(25-5-2)18(24-3)12-16(13)21/h6-9,11-12,15H,4-5,10H2,1-3H3/t15-/m1/s1. The van der Waals surface area contributed by atoms with E-state index in [2.05, 4.69) is 22.0 Å². The molecule has 0 bridgehead atoms. The predicted molar refractivity (Wildman–Crippen MR) is 103 cm³/mol. The molecular weight excluding hydrogens is 382 g/mol. The summed E-state index contributed by atoms with van der Waals surface area (Å²) in [4.78, 5) is 14.8. The molecule has 2 aromatic carbocycles. The highest BCUT2D eigenvalue weighted by molar-refractivity contribution is 9.10. The molecule has 1 aliphatic heterocycles. The second-order valence-corrected chi connectivity index (χ2v) is 6.78. The minimum atomic E-state index is -0.171. The molecule has 1 amide bonds. The number of methoxy groups -OCH3 is 1. The molecular formula is C20H22BrNO3. The topological polar surface area (TPSA) is 38.8 Å². The molecule has 2 aromatic rings. The Morgan fingerprint density at radius 2 is 1.92 bits per heavy atom. The Morgan fingerprint density at radius 3 is 2.60 bits per heavy atom. The lowest BCUT2D eigenvalue weighted by molar-refractivity contribution is -0.119. The molecule has 5 heteroatoms. The number of rotatable bonds is 6. The van der Waals surface area contributed by atoms with Gasteiger partial charge in [-0.05, 0) is 49.6 Å². The molecule has 132 valence electrons. The molecule has 0 N–H and O–H groups in total. The number of carbonyl (C=O) groups is 1. The summed E-state index contributed by atoms with van der Waals surface area (Å²) in [6, 6.07) is 11.9. The van der Waals surface area contributed by atoms with Gasteiger partial charge in [0.25, 0.3) is 0 Å². The second-order valence-electron chi connectivity index (χ2n) is 5.93. The first kappa shape index (κ1) is 17.8. The fourth-order valence-corrected chi connectivity index (χ4v) is 3.86. The van der Waals surface area contributed by atoms with Gasteiger partial charge in [0, 0.05) is 16.7 Å². The van der Waals surface area contributed by atoms with Gasteiger partial charge < -0.3 is 14.4 Å².